The molecule has 94 valence electrons. The highest BCUT2D eigenvalue weighted by atomic mass is 16.5. The topological polar surface area (TPSA) is 135 Å². The Bertz CT molecular complexity index is 271. The first-order valence-corrected chi connectivity index (χ1v) is 4.62. The van der Waals surface area contributed by atoms with Crippen LogP contribution in [0.15, 0.2) is 0 Å². The average molecular weight is 236 g/mol. The van der Waals surface area contributed by atoms with Crippen LogP contribution >= 0.6 is 0 Å². The molecule has 0 bridgehead atoms. The molecule has 0 amide bonds. The summed E-state index contributed by atoms with van der Waals surface area (Å²) in [6.07, 6.45) is -6.44. The number of hydrogen-bond acceptors (Lipinski definition) is 7. The van der Waals surface area contributed by atoms with E-state index in [0.29, 0.717) is 0 Å². The molecule has 0 heterocycles. The van der Waals surface area contributed by atoms with Gasteiger partial charge in [-0.25, -0.2) is 0 Å². The number of carbonyl (C=O) groups is 2. The predicted molar refractivity (Wildman–Crippen MR) is 51.2 cm³/mol. The molecule has 16 heavy (non-hydrogen) atoms. The molecule has 0 aliphatic rings. The van der Waals surface area contributed by atoms with Crippen molar-refractivity contribution in [1.82, 2.24) is 0 Å². The molecule has 0 spiro atoms. The van der Waals surface area contributed by atoms with E-state index < -0.39 is 42.1 Å². The number of aliphatic hydroxyl groups excluding tert-OH is 3. The monoisotopic (exact) mass is 236 g/mol. The highest BCUT2D eigenvalue weighted by molar-refractivity contribution is 6.01. The zero-order valence-electron chi connectivity index (χ0n) is 8.99. The van der Waals surface area contributed by atoms with Crippen LogP contribution in [-0.2, 0) is 9.59 Å². The smallest absolute Gasteiger partial charge is 0.254 e. The summed E-state index contributed by atoms with van der Waals surface area (Å²) in [4.78, 5) is 21.8. The number of aliphatic hydroxyl groups is 5. The minimum absolute atomic E-state index is 0.615. The molecule has 0 aliphatic carbocycles. The Morgan fingerprint density at radius 2 is 1.62 bits per heavy atom. The third-order valence-electron chi connectivity index (χ3n) is 2.05. The third kappa shape index (κ3) is 3.62. The van der Waals surface area contributed by atoms with E-state index in [-0.39, 0.29) is 0 Å². The van der Waals surface area contributed by atoms with E-state index in [1.54, 1.807) is 0 Å². The van der Waals surface area contributed by atoms with Crippen LogP contribution in [0.4, 0.5) is 0 Å². The third-order valence-corrected chi connectivity index (χ3v) is 2.05. The molecule has 0 rings (SSSR count). The first-order valence-electron chi connectivity index (χ1n) is 4.62. The Kier molecular flexibility index (Phi) is 5.17. The van der Waals surface area contributed by atoms with Crippen molar-refractivity contribution in [2.45, 2.75) is 44.4 Å². The van der Waals surface area contributed by atoms with Gasteiger partial charge in [-0.15, -0.1) is 0 Å². The van der Waals surface area contributed by atoms with Gasteiger partial charge in [0.05, 0.1) is 12.5 Å². The molecule has 0 radical (unpaired) electrons. The van der Waals surface area contributed by atoms with Gasteiger partial charge in [-0.2, -0.15) is 0 Å². The lowest BCUT2D eigenvalue weighted by Crippen LogP contribution is -2.57. The maximum absolute atomic E-state index is 11.2. The number of hydrogen-bond donors (Lipinski definition) is 5. The molecule has 0 aliphatic heterocycles. The van der Waals surface area contributed by atoms with Gasteiger partial charge in [-0.1, -0.05) is 0 Å². The van der Waals surface area contributed by atoms with Crippen molar-refractivity contribution in [1.29, 1.82) is 0 Å². The number of ketones is 2. The van der Waals surface area contributed by atoms with Crippen LogP contribution in [0, 0.1) is 0 Å². The summed E-state index contributed by atoms with van der Waals surface area (Å²) < 4.78 is 0. The maximum atomic E-state index is 11.2. The molecule has 0 unspecified atom stereocenters. The summed E-state index contributed by atoms with van der Waals surface area (Å²) >= 11 is 0. The van der Waals surface area contributed by atoms with E-state index in [2.05, 4.69) is 0 Å². The Labute approximate surface area is 92.0 Å². The number of carbonyl (C=O) groups excluding carboxylic acids is 2. The summed E-state index contributed by atoms with van der Waals surface area (Å²) in [5, 5.41) is 45.8. The molecule has 0 saturated heterocycles. The minimum Gasteiger partial charge on any atom is -0.391 e. The van der Waals surface area contributed by atoms with Crippen LogP contribution in [0.25, 0.3) is 0 Å². The second kappa shape index (κ2) is 5.46. The van der Waals surface area contributed by atoms with Crippen LogP contribution in [0.3, 0.4) is 0 Å². The first-order chi connectivity index (χ1) is 7.10. The molecule has 0 fully saturated rings. The van der Waals surface area contributed by atoms with Crippen molar-refractivity contribution in [2.75, 3.05) is 0 Å². The summed E-state index contributed by atoms with van der Waals surface area (Å²) in [6, 6.07) is 0. The Balaban J connectivity index is 4.76. The zero-order chi connectivity index (χ0) is 13.1. The van der Waals surface area contributed by atoms with Gasteiger partial charge < -0.3 is 25.5 Å². The summed E-state index contributed by atoms with van der Waals surface area (Å²) in [5.74, 6) is -5.22. The van der Waals surface area contributed by atoms with Crippen molar-refractivity contribution in [3.8, 4) is 0 Å². The van der Waals surface area contributed by atoms with E-state index >= 15 is 0 Å². The fourth-order valence-corrected chi connectivity index (χ4v) is 1.02. The molecule has 7 heteroatoms. The lowest BCUT2D eigenvalue weighted by molar-refractivity contribution is -0.243. The van der Waals surface area contributed by atoms with E-state index in [0.717, 1.165) is 13.8 Å². The molecule has 7 nitrogen and oxygen atoms in total. The molecule has 5 N–H and O–H groups in total. The highest BCUT2D eigenvalue weighted by Crippen LogP contribution is 2.16. The van der Waals surface area contributed by atoms with Gasteiger partial charge in [-0.3, -0.25) is 9.59 Å². The first kappa shape index (κ1) is 15.1. The van der Waals surface area contributed by atoms with Gasteiger partial charge in [0.1, 0.15) is 18.0 Å². The van der Waals surface area contributed by atoms with Gasteiger partial charge in [0, 0.05) is 0 Å². The van der Waals surface area contributed by atoms with Crippen molar-refractivity contribution >= 4 is 11.6 Å². The van der Waals surface area contributed by atoms with E-state index in [4.69, 9.17) is 10.2 Å². The lowest BCUT2D eigenvalue weighted by Gasteiger charge is -2.30. The molecular formula is C9H16O7. The van der Waals surface area contributed by atoms with Crippen molar-refractivity contribution < 1.29 is 35.1 Å². The normalized spacial score (nSPS) is 17.7. The maximum Gasteiger partial charge on any atom is 0.254 e. The predicted octanol–water partition coefficient (Wildman–Crippen LogP) is -2.68. The number of Topliss-reactive ketones (excluding diaryl/α,β-unsaturated/α-hetero) is 2. The fourth-order valence-electron chi connectivity index (χ4n) is 1.02. The van der Waals surface area contributed by atoms with E-state index in [1.807, 2.05) is 0 Å². The standard InChI is InChI=1S/C9H16O7/c1-4(10)3-6(12)9(15,16)8(14)7(13)5(2)11/h5,7-8,11,13-16H,3H2,1-2H3/t5-,7-,8+/m1/s1. The molecule has 3 atom stereocenters. The van der Waals surface area contributed by atoms with Gasteiger partial charge in [0.25, 0.3) is 5.79 Å². The van der Waals surface area contributed by atoms with Gasteiger partial charge in [0.15, 0.2) is 0 Å². The minimum atomic E-state index is -3.26. The second-order valence-corrected chi connectivity index (χ2v) is 3.70. The summed E-state index contributed by atoms with van der Waals surface area (Å²) in [6.45, 7) is 2.16. The number of rotatable bonds is 6. The molecular weight excluding hydrogens is 220 g/mol. The van der Waals surface area contributed by atoms with Crippen LogP contribution in [0.2, 0.25) is 0 Å². The van der Waals surface area contributed by atoms with Gasteiger partial charge in [-0.05, 0) is 13.8 Å². The Morgan fingerprint density at radius 1 is 1.19 bits per heavy atom. The van der Waals surface area contributed by atoms with Crippen molar-refractivity contribution in [2.24, 2.45) is 0 Å². The average Bonchev–Trinajstić information content (AvgIpc) is 2.14. The van der Waals surface area contributed by atoms with Crippen LogP contribution in [-0.4, -0.2) is 61.2 Å². The van der Waals surface area contributed by atoms with Gasteiger partial charge >= 0.3 is 0 Å². The fraction of sp³-hybridized carbons (Fsp3) is 0.778. The van der Waals surface area contributed by atoms with Crippen molar-refractivity contribution in [3.63, 3.8) is 0 Å². The molecule has 0 aromatic rings. The van der Waals surface area contributed by atoms with Gasteiger partial charge in [0.2, 0.25) is 5.78 Å². The van der Waals surface area contributed by atoms with Crippen LogP contribution in [0.1, 0.15) is 20.3 Å². The summed E-state index contributed by atoms with van der Waals surface area (Å²) in [5.41, 5.74) is 0. The molecule has 0 saturated carbocycles. The highest BCUT2D eigenvalue weighted by Gasteiger charge is 2.46. The largest absolute Gasteiger partial charge is 0.391 e. The quantitative estimate of drug-likeness (QED) is 0.250. The van der Waals surface area contributed by atoms with E-state index in [1.165, 1.54) is 0 Å². The van der Waals surface area contributed by atoms with Crippen LogP contribution < -0.4 is 0 Å². The van der Waals surface area contributed by atoms with E-state index in [9.17, 15) is 24.9 Å². The zero-order valence-corrected chi connectivity index (χ0v) is 8.99. The lowest BCUT2D eigenvalue weighted by atomic mass is 9.95. The Morgan fingerprint density at radius 3 is 1.94 bits per heavy atom. The molecule has 0 aromatic heterocycles. The molecule has 0 aromatic carbocycles. The SMILES string of the molecule is CC(=O)CC(=O)C(O)(O)[C@@H](O)[C@H](O)[C@@H](C)O. The van der Waals surface area contributed by atoms with Crippen molar-refractivity contribution in [3.05, 3.63) is 0 Å². The summed E-state index contributed by atoms with van der Waals surface area (Å²) in [7, 11) is 0. The second-order valence-electron chi connectivity index (χ2n) is 3.70. The van der Waals surface area contributed by atoms with Crippen LogP contribution in [0.5, 0.6) is 0 Å². The Hall–Kier alpha value is -0.860.